The van der Waals surface area contributed by atoms with Crippen molar-refractivity contribution in [1.82, 2.24) is 4.98 Å². The molecule has 1 N–H and O–H groups in total. The second-order valence-corrected chi connectivity index (χ2v) is 2.43. The highest BCUT2D eigenvalue weighted by Gasteiger charge is 2.13. The molecule has 0 amide bonds. The number of aromatic nitrogens is 1. The van der Waals surface area contributed by atoms with Crippen LogP contribution in [-0.2, 0) is 6.61 Å². The van der Waals surface area contributed by atoms with Crippen LogP contribution in [0.5, 0.6) is 0 Å². The summed E-state index contributed by atoms with van der Waals surface area (Å²) in [6, 6.07) is 1.19. The number of nitrogens with zero attached hydrogens (tertiary/aromatic N) is 2. The van der Waals surface area contributed by atoms with Gasteiger partial charge in [0.05, 0.1) is 11.5 Å². The molecule has 5 nitrogen and oxygen atoms in total. The van der Waals surface area contributed by atoms with Gasteiger partial charge in [0.1, 0.15) is 0 Å². The molecule has 0 fully saturated rings. The third-order valence-corrected chi connectivity index (χ3v) is 1.55. The van der Waals surface area contributed by atoms with Crippen molar-refractivity contribution in [3.8, 4) is 0 Å². The first-order valence-electron chi connectivity index (χ1n) is 3.05. The van der Waals surface area contributed by atoms with Crippen molar-refractivity contribution in [3.05, 3.63) is 33.1 Å². The quantitative estimate of drug-likeness (QED) is 0.429. The molecule has 64 valence electrons. The van der Waals surface area contributed by atoms with Crippen LogP contribution in [0.25, 0.3) is 0 Å². The fourth-order valence-corrected chi connectivity index (χ4v) is 0.865. The third-order valence-electron chi connectivity index (χ3n) is 1.26. The molecule has 1 heterocycles. The summed E-state index contributed by atoms with van der Waals surface area (Å²) >= 11 is 5.41. The van der Waals surface area contributed by atoms with Gasteiger partial charge in [-0.15, -0.1) is 0 Å². The molecule has 0 aromatic carbocycles. The lowest BCUT2D eigenvalue weighted by Gasteiger charge is -1.96. The van der Waals surface area contributed by atoms with E-state index < -0.39 is 4.92 Å². The number of aliphatic hydroxyl groups excluding tert-OH is 1. The molecule has 0 saturated carbocycles. The molecule has 0 aliphatic heterocycles. The molecule has 12 heavy (non-hydrogen) atoms. The molecule has 0 aliphatic rings. The Balaban J connectivity index is 3.17. The van der Waals surface area contributed by atoms with Gasteiger partial charge in [0, 0.05) is 17.8 Å². The van der Waals surface area contributed by atoms with Gasteiger partial charge in [-0.1, -0.05) is 11.6 Å². The van der Waals surface area contributed by atoms with Crippen LogP contribution in [0.1, 0.15) is 5.56 Å². The smallest absolute Gasteiger partial charge is 0.306 e. The molecule has 0 spiro atoms. The molecule has 0 radical (unpaired) electrons. The van der Waals surface area contributed by atoms with Crippen molar-refractivity contribution in [2.45, 2.75) is 6.61 Å². The van der Waals surface area contributed by atoms with Crippen molar-refractivity contribution in [3.63, 3.8) is 0 Å². The van der Waals surface area contributed by atoms with Gasteiger partial charge in [0.25, 0.3) is 0 Å². The molecule has 0 bridgehead atoms. The Labute approximate surface area is 72.8 Å². The van der Waals surface area contributed by atoms with Gasteiger partial charge in [-0.3, -0.25) is 10.1 Å². The van der Waals surface area contributed by atoms with Crippen LogP contribution in [0.4, 0.5) is 5.69 Å². The van der Waals surface area contributed by atoms with E-state index in [1.54, 1.807) is 0 Å². The number of hydrogen-bond donors (Lipinski definition) is 1. The molecule has 1 aromatic rings. The molecular formula is C6H5ClN2O3. The Morgan fingerprint density at radius 1 is 1.75 bits per heavy atom. The third kappa shape index (κ3) is 1.69. The van der Waals surface area contributed by atoms with Crippen LogP contribution in [0.2, 0.25) is 5.15 Å². The van der Waals surface area contributed by atoms with Crippen molar-refractivity contribution in [2.24, 2.45) is 0 Å². The van der Waals surface area contributed by atoms with Crippen LogP contribution in [0.15, 0.2) is 12.3 Å². The van der Waals surface area contributed by atoms with Crippen molar-refractivity contribution in [2.75, 3.05) is 0 Å². The first kappa shape index (κ1) is 8.89. The Morgan fingerprint density at radius 2 is 2.42 bits per heavy atom. The zero-order valence-corrected chi connectivity index (χ0v) is 6.65. The minimum atomic E-state index is -0.644. The fraction of sp³-hybridized carbons (Fsp3) is 0.167. The van der Waals surface area contributed by atoms with E-state index in [-0.39, 0.29) is 17.4 Å². The van der Waals surface area contributed by atoms with Gasteiger partial charge in [-0.05, 0) is 0 Å². The number of halogens is 1. The van der Waals surface area contributed by atoms with E-state index in [2.05, 4.69) is 4.98 Å². The van der Waals surface area contributed by atoms with Crippen LogP contribution >= 0.6 is 11.6 Å². The summed E-state index contributed by atoms with van der Waals surface area (Å²) in [4.78, 5) is 13.2. The zero-order chi connectivity index (χ0) is 9.14. The van der Waals surface area contributed by atoms with E-state index >= 15 is 0 Å². The molecule has 1 rings (SSSR count). The molecule has 1 aromatic heterocycles. The second-order valence-electron chi connectivity index (χ2n) is 2.07. The van der Waals surface area contributed by atoms with Crippen molar-refractivity contribution >= 4 is 17.3 Å². The van der Waals surface area contributed by atoms with Gasteiger partial charge in [-0.2, -0.15) is 0 Å². The predicted octanol–water partition coefficient (Wildman–Crippen LogP) is 1.14. The molecule has 0 saturated heterocycles. The highest BCUT2D eigenvalue weighted by molar-refractivity contribution is 6.31. The van der Waals surface area contributed by atoms with E-state index in [1.807, 2.05) is 0 Å². The topological polar surface area (TPSA) is 76.3 Å². The van der Waals surface area contributed by atoms with Crippen LogP contribution in [0, 0.1) is 10.1 Å². The number of aliphatic hydroxyl groups is 1. The highest BCUT2D eigenvalue weighted by atomic mass is 35.5. The van der Waals surface area contributed by atoms with Gasteiger partial charge in [-0.25, -0.2) is 4.98 Å². The maximum absolute atomic E-state index is 10.3. The van der Waals surface area contributed by atoms with E-state index in [9.17, 15) is 10.1 Å². The summed E-state index contributed by atoms with van der Waals surface area (Å²) in [6.07, 6.45) is 1.29. The second kappa shape index (κ2) is 3.46. The maximum atomic E-state index is 10.3. The minimum Gasteiger partial charge on any atom is -0.392 e. The normalized spacial score (nSPS) is 9.83. The Morgan fingerprint density at radius 3 is 2.92 bits per heavy atom. The molecule has 0 atom stereocenters. The largest absolute Gasteiger partial charge is 0.392 e. The van der Waals surface area contributed by atoms with Gasteiger partial charge in [0.2, 0.25) is 5.15 Å². The zero-order valence-electron chi connectivity index (χ0n) is 5.90. The number of nitro groups is 1. The van der Waals surface area contributed by atoms with E-state index in [1.165, 1.54) is 12.3 Å². The first-order chi connectivity index (χ1) is 5.65. The van der Waals surface area contributed by atoms with Crippen LogP contribution < -0.4 is 0 Å². The molecule has 0 aliphatic carbocycles. The average molecular weight is 189 g/mol. The standard InChI is InChI=1S/C6H5ClN2O3/c7-6-5(9(11)12)1-4(3-10)2-8-6/h1-2,10H,3H2. The van der Waals surface area contributed by atoms with E-state index in [4.69, 9.17) is 16.7 Å². The van der Waals surface area contributed by atoms with E-state index in [0.29, 0.717) is 5.56 Å². The number of hydrogen-bond acceptors (Lipinski definition) is 4. The number of pyridine rings is 1. The maximum Gasteiger partial charge on any atom is 0.306 e. The average Bonchev–Trinajstić information content (AvgIpc) is 2.05. The summed E-state index contributed by atoms with van der Waals surface area (Å²) < 4.78 is 0. The summed E-state index contributed by atoms with van der Waals surface area (Å²) in [7, 11) is 0. The molecule has 0 unspecified atom stereocenters. The van der Waals surface area contributed by atoms with Crippen molar-refractivity contribution in [1.29, 1.82) is 0 Å². The Bertz CT molecular complexity index is 316. The highest BCUT2D eigenvalue weighted by Crippen LogP contribution is 2.21. The minimum absolute atomic E-state index is 0.169. The summed E-state index contributed by atoms with van der Waals surface area (Å²) in [6.45, 7) is -0.287. The lowest BCUT2D eigenvalue weighted by Crippen LogP contribution is -1.94. The van der Waals surface area contributed by atoms with Crippen LogP contribution in [0.3, 0.4) is 0 Å². The van der Waals surface area contributed by atoms with Gasteiger partial charge < -0.3 is 5.11 Å². The Hall–Kier alpha value is -1.20. The molecular weight excluding hydrogens is 184 g/mol. The Kier molecular flexibility index (Phi) is 2.57. The SMILES string of the molecule is O=[N+]([O-])c1cc(CO)cnc1Cl. The lowest BCUT2D eigenvalue weighted by atomic mass is 10.3. The van der Waals surface area contributed by atoms with Crippen LogP contribution in [-0.4, -0.2) is 15.0 Å². The van der Waals surface area contributed by atoms with E-state index in [0.717, 1.165) is 0 Å². The summed E-state index contributed by atoms with van der Waals surface area (Å²) in [5.41, 5.74) is 0.0781. The lowest BCUT2D eigenvalue weighted by molar-refractivity contribution is -0.385. The van der Waals surface area contributed by atoms with Crippen molar-refractivity contribution < 1.29 is 10.0 Å². The number of rotatable bonds is 2. The van der Waals surface area contributed by atoms with Gasteiger partial charge >= 0.3 is 5.69 Å². The monoisotopic (exact) mass is 188 g/mol. The van der Waals surface area contributed by atoms with Gasteiger partial charge in [0.15, 0.2) is 0 Å². The first-order valence-corrected chi connectivity index (χ1v) is 3.42. The molecule has 6 heteroatoms. The summed E-state index contributed by atoms with van der Waals surface area (Å²) in [5.74, 6) is 0. The predicted molar refractivity (Wildman–Crippen MR) is 41.8 cm³/mol. The summed E-state index contributed by atoms with van der Waals surface area (Å²) in [5, 5.41) is 18.7. The fourth-order valence-electron chi connectivity index (χ4n) is 0.693.